The van der Waals surface area contributed by atoms with Crippen LogP contribution < -0.4 is 21.5 Å². The van der Waals surface area contributed by atoms with Crippen molar-refractivity contribution in [3.8, 4) is 5.75 Å². The lowest BCUT2D eigenvalue weighted by atomic mass is 10.2. The summed E-state index contributed by atoms with van der Waals surface area (Å²) in [5.74, 6) is 0.250. The molecular weight excluding hydrogens is 194 g/mol. The van der Waals surface area contributed by atoms with Gasteiger partial charge in [-0.25, -0.2) is 0 Å². The van der Waals surface area contributed by atoms with Crippen LogP contribution in [0, 0.1) is 0 Å². The van der Waals surface area contributed by atoms with Crippen molar-refractivity contribution in [2.24, 2.45) is 5.73 Å². The molecule has 0 atom stereocenters. The summed E-state index contributed by atoms with van der Waals surface area (Å²) in [5.41, 5.74) is 12.0. The molecule has 0 aromatic heterocycles. The fraction of sp³-hybridized carbons (Fsp3) is 0.300. The number of carbonyl (C=O) groups excluding carboxylic acids is 1. The molecule has 1 amide bonds. The van der Waals surface area contributed by atoms with Gasteiger partial charge in [0.1, 0.15) is 5.75 Å². The van der Waals surface area contributed by atoms with Crippen molar-refractivity contribution >= 4 is 17.3 Å². The molecule has 0 bridgehead atoms. The van der Waals surface area contributed by atoms with Crippen molar-refractivity contribution in [2.75, 3.05) is 24.2 Å². The lowest BCUT2D eigenvalue weighted by molar-refractivity contribution is -0.116. The van der Waals surface area contributed by atoms with Gasteiger partial charge in [0.05, 0.1) is 13.2 Å². The van der Waals surface area contributed by atoms with E-state index in [4.69, 9.17) is 16.2 Å². The van der Waals surface area contributed by atoms with Crippen LogP contribution in [0.4, 0.5) is 11.4 Å². The second-order valence-electron chi connectivity index (χ2n) is 3.04. The molecule has 0 spiro atoms. The third-order valence-electron chi connectivity index (χ3n) is 1.71. The smallest absolute Gasteiger partial charge is 0.236 e. The molecule has 0 aliphatic heterocycles. The van der Waals surface area contributed by atoms with E-state index in [2.05, 4.69) is 5.32 Å². The molecule has 0 saturated heterocycles. The van der Waals surface area contributed by atoms with Crippen LogP contribution in [0.2, 0.25) is 0 Å². The molecule has 1 aromatic rings. The van der Waals surface area contributed by atoms with Gasteiger partial charge in [0.15, 0.2) is 0 Å². The van der Waals surface area contributed by atoms with Gasteiger partial charge in [-0.05, 0) is 13.0 Å². The van der Waals surface area contributed by atoms with Crippen LogP contribution in [0.15, 0.2) is 18.2 Å². The Morgan fingerprint density at radius 2 is 2.20 bits per heavy atom. The number of nitrogens with one attached hydrogen (secondary N) is 1. The molecule has 5 heteroatoms. The Morgan fingerprint density at radius 1 is 1.47 bits per heavy atom. The molecular formula is C10H15N3O2. The molecule has 1 rings (SSSR count). The SMILES string of the molecule is CCOc1cc(N)cc(NCC(N)=O)c1. The highest BCUT2D eigenvalue weighted by Gasteiger charge is 2.00. The van der Waals surface area contributed by atoms with E-state index < -0.39 is 5.91 Å². The molecule has 0 heterocycles. The zero-order valence-corrected chi connectivity index (χ0v) is 8.62. The van der Waals surface area contributed by atoms with Gasteiger partial charge >= 0.3 is 0 Å². The van der Waals surface area contributed by atoms with E-state index >= 15 is 0 Å². The van der Waals surface area contributed by atoms with Crippen LogP contribution in [0.3, 0.4) is 0 Å². The zero-order chi connectivity index (χ0) is 11.3. The number of hydrogen-bond donors (Lipinski definition) is 3. The summed E-state index contributed by atoms with van der Waals surface area (Å²) in [5, 5.41) is 2.85. The Kier molecular flexibility index (Phi) is 3.79. The Labute approximate surface area is 88.4 Å². The fourth-order valence-corrected chi connectivity index (χ4v) is 1.16. The summed E-state index contributed by atoms with van der Waals surface area (Å²) in [7, 11) is 0. The number of rotatable bonds is 5. The van der Waals surface area contributed by atoms with Crippen LogP contribution >= 0.6 is 0 Å². The van der Waals surface area contributed by atoms with Gasteiger partial charge in [0, 0.05) is 23.5 Å². The number of ether oxygens (including phenoxy) is 1. The second-order valence-corrected chi connectivity index (χ2v) is 3.04. The number of nitrogens with two attached hydrogens (primary N) is 2. The van der Waals surface area contributed by atoms with Crippen molar-refractivity contribution in [1.29, 1.82) is 0 Å². The molecule has 0 aliphatic rings. The first-order valence-corrected chi connectivity index (χ1v) is 4.67. The van der Waals surface area contributed by atoms with Crippen LogP contribution in [0.5, 0.6) is 5.75 Å². The van der Waals surface area contributed by atoms with Crippen LogP contribution in [-0.4, -0.2) is 19.1 Å². The Hall–Kier alpha value is -1.91. The van der Waals surface area contributed by atoms with Crippen molar-refractivity contribution < 1.29 is 9.53 Å². The van der Waals surface area contributed by atoms with Gasteiger partial charge in [-0.2, -0.15) is 0 Å². The standard InChI is InChI=1S/C10H15N3O2/c1-2-15-9-4-7(11)3-8(5-9)13-6-10(12)14/h3-5,13H,2,6,11H2,1H3,(H2,12,14). The molecule has 0 fully saturated rings. The average molecular weight is 209 g/mol. The zero-order valence-electron chi connectivity index (χ0n) is 8.62. The Balaban J connectivity index is 2.74. The van der Waals surface area contributed by atoms with Crippen LogP contribution in [0.25, 0.3) is 0 Å². The van der Waals surface area contributed by atoms with Crippen molar-refractivity contribution in [3.05, 3.63) is 18.2 Å². The Bertz CT molecular complexity index is 353. The van der Waals surface area contributed by atoms with Gasteiger partial charge in [0.25, 0.3) is 0 Å². The third kappa shape index (κ3) is 3.76. The van der Waals surface area contributed by atoms with Crippen LogP contribution in [-0.2, 0) is 4.79 Å². The number of benzene rings is 1. The van der Waals surface area contributed by atoms with E-state index in [-0.39, 0.29) is 6.54 Å². The predicted octanol–water partition coefficient (Wildman–Crippen LogP) is 0.565. The summed E-state index contributed by atoms with van der Waals surface area (Å²) in [6.07, 6.45) is 0. The molecule has 0 unspecified atom stereocenters. The molecule has 15 heavy (non-hydrogen) atoms. The minimum absolute atomic E-state index is 0.0784. The van der Waals surface area contributed by atoms with Gasteiger partial charge in [-0.1, -0.05) is 0 Å². The number of hydrogen-bond acceptors (Lipinski definition) is 4. The predicted molar refractivity (Wildman–Crippen MR) is 59.7 cm³/mol. The molecule has 0 radical (unpaired) electrons. The van der Waals surface area contributed by atoms with Gasteiger partial charge < -0.3 is 21.5 Å². The quantitative estimate of drug-likeness (QED) is 0.618. The highest BCUT2D eigenvalue weighted by molar-refractivity contribution is 5.79. The minimum atomic E-state index is -0.421. The highest BCUT2D eigenvalue weighted by atomic mass is 16.5. The lowest BCUT2D eigenvalue weighted by Crippen LogP contribution is -2.21. The normalized spacial score (nSPS) is 9.67. The maximum Gasteiger partial charge on any atom is 0.236 e. The topological polar surface area (TPSA) is 90.4 Å². The van der Waals surface area contributed by atoms with E-state index in [0.29, 0.717) is 18.0 Å². The number of nitrogen functional groups attached to an aromatic ring is 1. The lowest BCUT2D eigenvalue weighted by Gasteiger charge is -2.09. The summed E-state index contributed by atoms with van der Waals surface area (Å²) in [6, 6.07) is 5.20. The highest BCUT2D eigenvalue weighted by Crippen LogP contribution is 2.22. The van der Waals surface area contributed by atoms with Gasteiger partial charge in [0.2, 0.25) is 5.91 Å². The van der Waals surface area contributed by atoms with Gasteiger partial charge in [-0.3, -0.25) is 4.79 Å². The molecule has 5 N–H and O–H groups in total. The van der Waals surface area contributed by atoms with E-state index in [0.717, 1.165) is 5.69 Å². The maximum absolute atomic E-state index is 10.6. The largest absolute Gasteiger partial charge is 0.494 e. The minimum Gasteiger partial charge on any atom is -0.494 e. The van der Waals surface area contributed by atoms with Crippen molar-refractivity contribution in [2.45, 2.75) is 6.92 Å². The first-order valence-electron chi connectivity index (χ1n) is 4.67. The van der Waals surface area contributed by atoms with E-state index in [1.807, 2.05) is 6.92 Å². The number of anilines is 2. The fourth-order valence-electron chi connectivity index (χ4n) is 1.16. The molecule has 0 aliphatic carbocycles. The average Bonchev–Trinajstić information content (AvgIpc) is 2.14. The Morgan fingerprint density at radius 3 is 2.80 bits per heavy atom. The number of amides is 1. The van der Waals surface area contributed by atoms with Gasteiger partial charge in [-0.15, -0.1) is 0 Å². The maximum atomic E-state index is 10.6. The van der Waals surface area contributed by atoms with E-state index in [1.54, 1.807) is 18.2 Å². The number of primary amides is 1. The molecule has 1 aromatic carbocycles. The molecule has 0 saturated carbocycles. The monoisotopic (exact) mass is 209 g/mol. The first-order chi connectivity index (χ1) is 7.11. The first kappa shape index (κ1) is 11.2. The number of carbonyl (C=O) groups is 1. The summed E-state index contributed by atoms with van der Waals surface area (Å²) >= 11 is 0. The second kappa shape index (κ2) is 5.09. The third-order valence-corrected chi connectivity index (χ3v) is 1.71. The van der Waals surface area contributed by atoms with Crippen LogP contribution in [0.1, 0.15) is 6.92 Å². The summed E-state index contributed by atoms with van der Waals surface area (Å²) in [4.78, 5) is 10.6. The van der Waals surface area contributed by atoms with E-state index in [9.17, 15) is 4.79 Å². The summed E-state index contributed by atoms with van der Waals surface area (Å²) < 4.78 is 5.30. The molecule has 82 valence electrons. The van der Waals surface area contributed by atoms with Crippen molar-refractivity contribution in [3.63, 3.8) is 0 Å². The van der Waals surface area contributed by atoms with Crippen molar-refractivity contribution in [1.82, 2.24) is 0 Å². The molecule has 5 nitrogen and oxygen atoms in total. The summed E-state index contributed by atoms with van der Waals surface area (Å²) in [6.45, 7) is 2.54. The van der Waals surface area contributed by atoms with E-state index in [1.165, 1.54) is 0 Å².